The van der Waals surface area contributed by atoms with Crippen molar-refractivity contribution in [1.29, 1.82) is 0 Å². The number of ether oxygens (including phenoxy) is 1. The van der Waals surface area contributed by atoms with Crippen LogP contribution in [0.15, 0.2) is 5.11 Å². The van der Waals surface area contributed by atoms with Crippen LogP contribution in [0.5, 0.6) is 0 Å². The van der Waals surface area contributed by atoms with Gasteiger partial charge in [-0.1, -0.05) is 12.0 Å². The number of hydrogen-bond donors (Lipinski definition) is 0. The third-order valence-electron chi connectivity index (χ3n) is 1.40. The summed E-state index contributed by atoms with van der Waals surface area (Å²) in [4.78, 5) is 2.65. The van der Waals surface area contributed by atoms with Gasteiger partial charge in [-0.15, -0.1) is 0 Å². The molecular weight excluding hydrogens is 130 g/mol. The lowest BCUT2D eigenvalue weighted by Gasteiger charge is -2.09. The van der Waals surface area contributed by atoms with E-state index in [0.717, 1.165) is 12.8 Å². The Balaban J connectivity index is 3.34. The first-order valence-electron chi connectivity index (χ1n) is 3.38. The van der Waals surface area contributed by atoms with Gasteiger partial charge in [0, 0.05) is 18.6 Å². The first kappa shape index (κ1) is 9.27. The fourth-order valence-electron chi connectivity index (χ4n) is 0.735. The zero-order chi connectivity index (χ0) is 7.82. The molecule has 58 valence electrons. The van der Waals surface area contributed by atoms with Crippen molar-refractivity contribution in [3.63, 3.8) is 0 Å². The molecule has 0 aromatic carbocycles. The molecule has 4 nitrogen and oxygen atoms in total. The lowest BCUT2D eigenvalue weighted by molar-refractivity contribution is 0.0942. The highest BCUT2D eigenvalue weighted by Gasteiger charge is 2.00. The van der Waals surface area contributed by atoms with E-state index >= 15 is 0 Å². The van der Waals surface area contributed by atoms with Crippen LogP contribution in [0.4, 0.5) is 0 Å². The van der Waals surface area contributed by atoms with Crippen LogP contribution in [-0.2, 0) is 4.74 Å². The van der Waals surface area contributed by atoms with E-state index in [-0.39, 0.29) is 6.10 Å². The lowest BCUT2D eigenvalue weighted by atomic mass is 10.2. The normalized spacial score (nSPS) is 12.2. The van der Waals surface area contributed by atoms with Gasteiger partial charge in [0.25, 0.3) is 0 Å². The molecule has 0 saturated heterocycles. The summed E-state index contributed by atoms with van der Waals surface area (Å²) in [7, 11) is 1.67. The molecule has 4 heteroatoms. The SMILES string of the molecule is CCC(CCN=[N+]=[N-])OC. The van der Waals surface area contributed by atoms with Crippen LogP contribution in [0.3, 0.4) is 0 Å². The number of methoxy groups -OCH3 is 1. The fourth-order valence-corrected chi connectivity index (χ4v) is 0.735. The maximum Gasteiger partial charge on any atom is 0.0570 e. The number of azide groups is 1. The van der Waals surface area contributed by atoms with Crippen LogP contribution in [0.25, 0.3) is 10.4 Å². The smallest absolute Gasteiger partial charge is 0.0570 e. The first-order valence-corrected chi connectivity index (χ1v) is 3.38. The van der Waals surface area contributed by atoms with E-state index in [2.05, 4.69) is 10.0 Å². The van der Waals surface area contributed by atoms with Gasteiger partial charge in [0.15, 0.2) is 0 Å². The maximum absolute atomic E-state index is 7.94. The zero-order valence-corrected chi connectivity index (χ0v) is 6.45. The largest absolute Gasteiger partial charge is 0.381 e. The van der Waals surface area contributed by atoms with Gasteiger partial charge in [0.05, 0.1) is 6.10 Å². The molecule has 0 heterocycles. The Morgan fingerprint density at radius 3 is 2.80 bits per heavy atom. The molecule has 0 bridgehead atoms. The molecule has 0 rings (SSSR count). The average molecular weight is 143 g/mol. The molecule has 0 radical (unpaired) electrons. The summed E-state index contributed by atoms with van der Waals surface area (Å²) in [5.74, 6) is 0. The highest BCUT2D eigenvalue weighted by molar-refractivity contribution is 4.56. The monoisotopic (exact) mass is 143 g/mol. The average Bonchev–Trinajstić information content (AvgIpc) is 1.99. The molecule has 0 spiro atoms. The van der Waals surface area contributed by atoms with Crippen molar-refractivity contribution in [2.45, 2.75) is 25.9 Å². The van der Waals surface area contributed by atoms with Crippen molar-refractivity contribution in [3.05, 3.63) is 10.4 Å². The van der Waals surface area contributed by atoms with E-state index in [1.165, 1.54) is 0 Å². The molecule has 0 saturated carbocycles. The lowest BCUT2D eigenvalue weighted by Crippen LogP contribution is -2.09. The predicted molar refractivity (Wildman–Crippen MR) is 39.7 cm³/mol. The molecule has 0 aromatic heterocycles. The Kier molecular flexibility index (Phi) is 5.92. The van der Waals surface area contributed by atoms with Crippen molar-refractivity contribution in [2.24, 2.45) is 5.11 Å². The van der Waals surface area contributed by atoms with E-state index in [1.54, 1.807) is 7.11 Å². The number of rotatable bonds is 5. The predicted octanol–water partition coefficient (Wildman–Crippen LogP) is 2.11. The highest BCUT2D eigenvalue weighted by atomic mass is 16.5. The van der Waals surface area contributed by atoms with Crippen LogP contribution >= 0.6 is 0 Å². The second-order valence-corrected chi connectivity index (χ2v) is 2.01. The molecule has 0 amide bonds. The molecule has 1 atom stereocenters. The number of nitrogens with zero attached hydrogens (tertiary/aromatic N) is 3. The summed E-state index contributed by atoms with van der Waals surface area (Å²) in [5.41, 5.74) is 7.94. The molecule has 0 aliphatic heterocycles. The summed E-state index contributed by atoms with van der Waals surface area (Å²) < 4.78 is 5.06. The minimum absolute atomic E-state index is 0.241. The van der Waals surface area contributed by atoms with Crippen molar-refractivity contribution in [3.8, 4) is 0 Å². The zero-order valence-electron chi connectivity index (χ0n) is 6.45. The molecule has 0 aromatic rings. The second-order valence-electron chi connectivity index (χ2n) is 2.01. The van der Waals surface area contributed by atoms with Crippen molar-refractivity contribution >= 4 is 0 Å². The second kappa shape index (κ2) is 6.39. The third-order valence-corrected chi connectivity index (χ3v) is 1.40. The van der Waals surface area contributed by atoms with Crippen molar-refractivity contribution in [1.82, 2.24) is 0 Å². The van der Waals surface area contributed by atoms with E-state index in [9.17, 15) is 0 Å². The summed E-state index contributed by atoms with van der Waals surface area (Å²) in [5, 5.41) is 3.41. The molecule has 10 heavy (non-hydrogen) atoms. The first-order chi connectivity index (χ1) is 4.85. The summed E-state index contributed by atoms with van der Waals surface area (Å²) in [6.07, 6.45) is 2.03. The Labute approximate surface area is 60.8 Å². The van der Waals surface area contributed by atoms with Gasteiger partial charge in [-0.2, -0.15) is 0 Å². The van der Waals surface area contributed by atoms with Gasteiger partial charge in [0.1, 0.15) is 0 Å². The van der Waals surface area contributed by atoms with Gasteiger partial charge in [0.2, 0.25) is 0 Å². The quantitative estimate of drug-likeness (QED) is 0.330. The standard InChI is InChI=1S/C6H13N3O/c1-3-6(10-2)4-5-8-9-7/h6H,3-5H2,1-2H3. The van der Waals surface area contributed by atoms with Crippen molar-refractivity contribution in [2.75, 3.05) is 13.7 Å². The molecule has 0 N–H and O–H groups in total. The van der Waals surface area contributed by atoms with Gasteiger partial charge in [-0.3, -0.25) is 0 Å². The van der Waals surface area contributed by atoms with E-state index < -0.39 is 0 Å². The van der Waals surface area contributed by atoms with E-state index in [4.69, 9.17) is 10.3 Å². The topological polar surface area (TPSA) is 58.0 Å². The van der Waals surface area contributed by atoms with E-state index in [1.807, 2.05) is 6.92 Å². The minimum Gasteiger partial charge on any atom is -0.381 e. The van der Waals surface area contributed by atoms with Gasteiger partial charge in [-0.25, -0.2) is 0 Å². The molecule has 1 unspecified atom stereocenters. The van der Waals surface area contributed by atoms with Gasteiger partial charge in [-0.05, 0) is 18.4 Å². The Bertz CT molecular complexity index is 116. The molecule has 0 aliphatic rings. The van der Waals surface area contributed by atoms with Crippen LogP contribution in [0, 0.1) is 0 Å². The summed E-state index contributed by atoms with van der Waals surface area (Å²) >= 11 is 0. The Morgan fingerprint density at radius 2 is 2.40 bits per heavy atom. The third kappa shape index (κ3) is 4.18. The number of hydrogen-bond acceptors (Lipinski definition) is 2. The van der Waals surface area contributed by atoms with Crippen LogP contribution < -0.4 is 0 Å². The van der Waals surface area contributed by atoms with Crippen molar-refractivity contribution < 1.29 is 4.74 Å². The van der Waals surface area contributed by atoms with E-state index in [0.29, 0.717) is 6.54 Å². The molecular formula is C6H13N3O. The highest BCUT2D eigenvalue weighted by Crippen LogP contribution is 2.01. The maximum atomic E-state index is 7.94. The summed E-state index contributed by atoms with van der Waals surface area (Å²) in [6, 6.07) is 0. The fraction of sp³-hybridized carbons (Fsp3) is 1.00. The minimum atomic E-state index is 0.241. The van der Waals surface area contributed by atoms with Gasteiger partial charge < -0.3 is 4.74 Å². The molecule has 0 fully saturated rings. The Hall–Kier alpha value is -0.730. The van der Waals surface area contributed by atoms with Crippen LogP contribution in [0.1, 0.15) is 19.8 Å². The van der Waals surface area contributed by atoms with Gasteiger partial charge >= 0.3 is 0 Å². The van der Waals surface area contributed by atoms with Crippen LogP contribution in [-0.4, -0.2) is 19.8 Å². The Morgan fingerprint density at radius 1 is 1.70 bits per heavy atom. The molecule has 0 aliphatic carbocycles. The van der Waals surface area contributed by atoms with Crippen LogP contribution in [0.2, 0.25) is 0 Å². The summed E-state index contributed by atoms with van der Waals surface area (Å²) in [6.45, 7) is 2.58.